The maximum Gasteiger partial charge on any atom is 0.472 e. The Balaban J connectivity index is 4.36. The summed E-state index contributed by atoms with van der Waals surface area (Å²) in [7, 11) is -4.60. The highest BCUT2D eigenvalue weighted by atomic mass is 31.2. The summed E-state index contributed by atoms with van der Waals surface area (Å²) in [5.74, 6) is -1.79. The number of allylic oxidation sites excluding steroid dienone is 4. The van der Waals surface area contributed by atoms with Crippen molar-refractivity contribution in [3.05, 3.63) is 24.3 Å². The van der Waals surface area contributed by atoms with E-state index >= 15 is 0 Å². The Morgan fingerprint density at radius 1 is 0.696 bits per heavy atom. The zero-order valence-corrected chi connectivity index (χ0v) is 29.8. The van der Waals surface area contributed by atoms with E-state index in [4.69, 9.17) is 24.8 Å². The van der Waals surface area contributed by atoms with Gasteiger partial charge >= 0.3 is 19.8 Å². The number of esters is 1. The van der Waals surface area contributed by atoms with Crippen molar-refractivity contribution in [3.8, 4) is 0 Å². The van der Waals surface area contributed by atoms with Crippen molar-refractivity contribution in [1.29, 1.82) is 0 Å². The van der Waals surface area contributed by atoms with Crippen LogP contribution in [0.15, 0.2) is 24.3 Å². The van der Waals surface area contributed by atoms with Gasteiger partial charge in [0.05, 0.1) is 19.8 Å². The molecule has 0 aliphatic rings. The molecule has 0 fully saturated rings. The van der Waals surface area contributed by atoms with E-state index in [1.54, 1.807) is 0 Å². The van der Waals surface area contributed by atoms with Crippen molar-refractivity contribution in [2.75, 3.05) is 26.4 Å². The van der Waals surface area contributed by atoms with Crippen LogP contribution in [0.5, 0.6) is 0 Å². The fraction of sp³-hybridized carbons (Fsp3) is 0.829. The van der Waals surface area contributed by atoms with E-state index < -0.39 is 45.1 Å². The molecular formula is C35H66NO9P. The number of phosphoric ester groups is 1. The number of nitrogens with two attached hydrogens (primary N) is 1. The number of rotatable bonds is 34. The van der Waals surface area contributed by atoms with E-state index in [2.05, 4.69) is 42.7 Å². The molecule has 0 bridgehead atoms. The first-order chi connectivity index (χ1) is 22.2. The molecule has 3 unspecified atom stereocenters. The zero-order chi connectivity index (χ0) is 34.1. The lowest BCUT2D eigenvalue weighted by molar-refractivity contribution is -0.154. The molecule has 0 amide bonds. The second-order valence-corrected chi connectivity index (χ2v) is 13.5. The van der Waals surface area contributed by atoms with Crippen LogP contribution in [-0.4, -0.2) is 60.5 Å². The van der Waals surface area contributed by atoms with Crippen LogP contribution < -0.4 is 5.73 Å². The molecule has 0 heterocycles. The summed E-state index contributed by atoms with van der Waals surface area (Å²) in [6.07, 6.45) is 30.9. The molecular weight excluding hydrogens is 609 g/mol. The number of carboxylic acid groups (broad SMARTS) is 1. The highest BCUT2D eigenvalue weighted by molar-refractivity contribution is 7.47. The van der Waals surface area contributed by atoms with E-state index in [0.717, 1.165) is 64.2 Å². The average molecular weight is 676 g/mol. The number of unbranched alkanes of at least 4 members (excludes halogenated alkanes) is 16. The quantitative estimate of drug-likeness (QED) is 0.0261. The molecule has 0 aromatic rings. The van der Waals surface area contributed by atoms with Crippen LogP contribution in [0.1, 0.15) is 149 Å². The molecule has 3 atom stereocenters. The summed E-state index contributed by atoms with van der Waals surface area (Å²) < 4.78 is 33.1. The molecule has 10 nitrogen and oxygen atoms in total. The van der Waals surface area contributed by atoms with Crippen molar-refractivity contribution in [3.63, 3.8) is 0 Å². The second kappa shape index (κ2) is 32.0. The van der Waals surface area contributed by atoms with E-state index in [9.17, 15) is 19.0 Å². The lowest BCUT2D eigenvalue weighted by atomic mass is 10.1. The molecule has 0 aliphatic carbocycles. The number of carboxylic acids is 1. The Hall–Kier alpha value is -1.55. The van der Waals surface area contributed by atoms with E-state index in [-0.39, 0.29) is 13.0 Å². The van der Waals surface area contributed by atoms with E-state index in [1.165, 1.54) is 57.8 Å². The summed E-state index contributed by atoms with van der Waals surface area (Å²) in [4.78, 5) is 33.3. The summed E-state index contributed by atoms with van der Waals surface area (Å²) in [5, 5.41) is 8.84. The summed E-state index contributed by atoms with van der Waals surface area (Å²) in [5.41, 5.74) is 5.32. The number of hydrogen-bond acceptors (Lipinski definition) is 8. The molecule has 11 heteroatoms. The van der Waals surface area contributed by atoms with Gasteiger partial charge in [0, 0.05) is 13.0 Å². The predicted molar refractivity (Wildman–Crippen MR) is 185 cm³/mol. The molecule has 0 saturated heterocycles. The number of carbonyl (C=O) groups excluding carboxylic acids is 1. The summed E-state index contributed by atoms with van der Waals surface area (Å²) in [6.45, 7) is 3.77. The van der Waals surface area contributed by atoms with Gasteiger partial charge in [-0.2, -0.15) is 0 Å². The molecule has 0 saturated carbocycles. The Bertz CT molecular complexity index is 837. The third-order valence-electron chi connectivity index (χ3n) is 7.46. The van der Waals surface area contributed by atoms with Crippen LogP contribution in [0, 0.1) is 0 Å². The number of hydrogen-bond donors (Lipinski definition) is 3. The standard InChI is InChI=1S/C35H66NO9P/c1-3-5-7-9-11-13-15-16-17-19-21-23-25-27-34(37)45-32(30-43-46(40,41)44-31-33(36)35(38)39)29-42-28-26-24-22-20-18-14-12-10-8-6-4-2/h7,9,13,15,32-33H,3-6,8,10-12,14,16-31,36H2,1-2H3,(H,38,39)(H,40,41)/b9-7-,15-13-. The number of phosphoric acid groups is 1. The average Bonchev–Trinajstić information content (AvgIpc) is 3.03. The molecule has 0 aliphatic heterocycles. The fourth-order valence-electron chi connectivity index (χ4n) is 4.64. The minimum Gasteiger partial charge on any atom is -0.480 e. The summed E-state index contributed by atoms with van der Waals surface area (Å²) >= 11 is 0. The van der Waals surface area contributed by atoms with Crippen LogP contribution >= 0.6 is 7.82 Å². The first kappa shape index (κ1) is 44.5. The van der Waals surface area contributed by atoms with Crippen molar-refractivity contribution in [2.24, 2.45) is 5.73 Å². The maximum atomic E-state index is 12.5. The third kappa shape index (κ3) is 31.1. The molecule has 0 radical (unpaired) electrons. The first-order valence-electron chi connectivity index (χ1n) is 17.9. The van der Waals surface area contributed by atoms with Gasteiger partial charge in [-0.15, -0.1) is 0 Å². The second-order valence-electron chi connectivity index (χ2n) is 12.0. The van der Waals surface area contributed by atoms with Gasteiger partial charge < -0.3 is 25.2 Å². The van der Waals surface area contributed by atoms with Crippen molar-refractivity contribution < 1.29 is 42.7 Å². The lowest BCUT2D eigenvalue weighted by Gasteiger charge is -2.20. The van der Waals surface area contributed by atoms with Gasteiger partial charge in [-0.25, -0.2) is 4.57 Å². The Kier molecular flexibility index (Phi) is 30.9. The third-order valence-corrected chi connectivity index (χ3v) is 8.42. The largest absolute Gasteiger partial charge is 0.480 e. The number of aliphatic carboxylic acids is 1. The van der Waals surface area contributed by atoms with E-state index in [1.807, 2.05) is 0 Å². The highest BCUT2D eigenvalue weighted by Gasteiger charge is 2.27. The van der Waals surface area contributed by atoms with Gasteiger partial charge in [0.2, 0.25) is 0 Å². The molecule has 0 spiro atoms. The van der Waals surface area contributed by atoms with Crippen LogP contribution in [-0.2, 0) is 32.7 Å². The molecule has 0 rings (SSSR count). The SMILES string of the molecule is CCC/C=C\C/C=C\CCCCCCCC(=O)OC(COCCCCCCCCCCCCC)COP(=O)(O)OCC(N)C(=O)O. The summed E-state index contributed by atoms with van der Waals surface area (Å²) in [6, 6.07) is -1.47. The van der Waals surface area contributed by atoms with Crippen molar-refractivity contribution >= 4 is 19.8 Å². The Morgan fingerprint density at radius 2 is 1.24 bits per heavy atom. The normalized spacial score (nSPS) is 14.5. The molecule has 0 aromatic carbocycles. The number of ether oxygens (including phenoxy) is 2. The van der Waals surface area contributed by atoms with Gasteiger partial charge in [-0.05, 0) is 38.5 Å². The first-order valence-corrected chi connectivity index (χ1v) is 19.4. The van der Waals surface area contributed by atoms with Gasteiger partial charge in [-0.3, -0.25) is 18.6 Å². The Morgan fingerprint density at radius 3 is 1.85 bits per heavy atom. The minimum absolute atomic E-state index is 0.0139. The van der Waals surface area contributed by atoms with Gasteiger partial charge in [0.1, 0.15) is 12.1 Å². The van der Waals surface area contributed by atoms with Crippen LogP contribution in [0.2, 0.25) is 0 Å². The zero-order valence-electron chi connectivity index (χ0n) is 28.9. The minimum atomic E-state index is -4.60. The smallest absolute Gasteiger partial charge is 0.472 e. The van der Waals surface area contributed by atoms with Crippen LogP contribution in [0.4, 0.5) is 0 Å². The van der Waals surface area contributed by atoms with Crippen LogP contribution in [0.25, 0.3) is 0 Å². The molecule has 4 N–H and O–H groups in total. The molecule has 46 heavy (non-hydrogen) atoms. The predicted octanol–water partition coefficient (Wildman–Crippen LogP) is 8.80. The Labute approximate surface area is 279 Å². The van der Waals surface area contributed by atoms with Gasteiger partial charge in [0.15, 0.2) is 0 Å². The monoisotopic (exact) mass is 675 g/mol. The lowest BCUT2D eigenvalue weighted by Crippen LogP contribution is -2.34. The molecule has 0 aromatic heterocycles. The highest BCUT2D eigenvalue weighted by Crippen LogP contribution is 2.43. The van der Waals surface area contributed by atoms with E-state index in [0.29, 0.717) is 13.0 Å². The topological polar surface area (TPSA) is 155 Å². The maximum absolute atomic E-state index is 12.5. The molecule has 270 valence electrons. The van der Waals surface area contributed by atoms with Crippen molar-refractivity contribution in [2.45, 2.75) is 161 Å². The van der Waals surface area contributed by atoms with Crippen molar-refractivity contribution in [1.82, 2.24) is 0 Å². The van der Waals surface area contributed by atoms with Crippen LogP contribution in [0.3, 0.4) is 0 Å². The van der Waals surface area contributed by atoms with Gasteiger partial charge in [-0.1, -0.05) is 128 Å². The van der Waals surface area contributed by atoms with Gasteiger partial charge in [0.25, 0.3) is 0 Å². The fourth-order valence-corrected chi connectivity index (χ4v) is 5.42. The number of carbonyl (C=O) groups is 2.